The fourth-order valence-electron chi connectivity index (χ4n) is 1.97. The first-order valence-electron chi connectivity index (χ1n) is 6.09. The smallest absolute Gasteiger partial charge is 0.0459 e. The maximum atomic E-state index is 6.17. The second-order valence-electron chi connectivity index (χ2n) is 4.64. The summed E-state index contributed by atoms with van der Waals surface area (Å²) < 4.78 is 0. The molecule has 0 radical (unpaired) electrons. The lowest BCUT2D eigenvalue weighted by Crippen LogP contribution is -2.29. The molecule has 17 heavy (non-hydrogen) atoms. The second kappa shape index (κ2) is 6.05. The molecule has 3 N–H and O–H groups in total. The molecule has 0 amide bonds. The van der Waals surface area contributed by atoms with Crippen molar-refractivity contribution in [2.45, 2.75) is 25.3 Å². The molecule has 0 aliphatic heterocycles. The molecule has 1 unspecified atom stereocenters. The van der Waals surface area contributed by atoms with E-state index in [4.69, 9.17) is 28.9 Å². The zero-order chi connectivity index (χ0) is 12.3. The molecule has 0 bridgehead atoms. The largest absolute Gasteiger partial charge is 0.329 e. The van der Waals surface area contributed by atoms with E-state index in [1.165, 1.54) is 19.3 Å². The highest BCUT2D eigenvalue weighted by Gasteiger charge is 2.21. The van der Waals surface area contributed by atoms with Gasteiger partial charge in [-0.3, -0.25) is 0 Å². The monoisotopic (exact) mass is 272 g/mol. The molecule has 1 aliphatic carbocycles. The van der Waals surface area contributed by atoms with Gasteiger partial charge >= 0.3 is 0 Å². The molecular formula is C13H18Cl2N2. The number of nitrogens with two attached hydrogens (primary N) is 1. The van der Waals surface area contributed by atoms with Crippen molar-refractivity contribution in [2.24, 2.45) is 11.7 Å². The summed E-state index contributed by atoms with van der Waals surface area (Å²) in [5, 5.41) is 4.88. The second-order valence-corrected chi connectivity index (χ2v) is 5.48. The molecule has 1 saturated carbocycles. The highest BCUT2D eigenvalue weighted by molar-refractivity contribution is 6.33. The summed E-state index contributed by atoms with van der Waals surface area (Å²) in [5.74, 6) is 0.927. The van der Waals surface area contributed by atoms with Crippen molar-refractivity contribution in [3.63, 3.8) is 0 Å². The van der Waals surface area contributed by atoms with Crippen molar-refractivity contribution in [1.29, 1.82) is 0 Å². The van der Waals surface area contributed by atoms with E-state index in [0.29, 0.717) is 11.6 Å². The average Bonchev–Trinajstić information content (AvgIpc) is 3.12. The maximum Gasteiger partial charge on any atom is 0.0459 e. The molecule has 1 fully saturated rings. The Hall–Kier alpha value is -0.280. The van der Waals surface area contributed by atoms with E-state index >= 15 is 0 Å². The predicted molar refractivity (Wildman–Crippen MR) is 73.6 cm³/mol. The van der Waals surface area contributed by atoms with Gasteiger partial charge in [0.15, 0.2) is 0 Å². The van der Waals surface area contributed by atoms with Gasteiger partial charge in [-0.2, -0.15) is 0 Å². The van der Waals surface area contributed by atoms with Crippen LogP contribution in [-0.2, 0) is 0 Å². The summed E-state index contributed by atoms with van der Waals surface area (Å²) in [5.41, 5.74) is 6.79. The SMILES string of the molecule is NCC(NCCC1CC1)c1cc(Cl)ccc1Cl. The summed E-state index contributed by atoms with van der Waals surface area (Å²) in [6.07, 6.45) is 3.99. The molecule has 1 aromatic rings. The van der Waals surface area contributed by atoms with E-state index in [1.807, 2.05) is 12.1 Å². The first-order chi connectivity index (χ1) is 8.20. The van der Waals surface area contributed by atoms with Gasteiger partial charge in [0.2, 0.25) is 0 Å². The van der Waals surface area contributed by atoms with Crippen molar-refractivity contribution in [2.75, 3.05) is 13.1 Å². The Morgan fingerprint density at radius 1 is 1.35 bits per heavy atom. The van der Waals surface area contributed by atoms with Gasteiger partial charge in [0.25, 0.3) is 0 Å². The van der Waals surface area contributed by atoms with Crippen LogP contribution in [0, 0.1) is 5.92 Å². The standard InChI is InChI=1S/C13H18Cl2N2/c14-10-3-4-12(15)11(7-10)13(8-16)17-6-5-9-1-2-9/h3-4,7,9,13,17H,1-2,5-6,8,16H2. The fourth-order valence-corrected chi connectivity index (χ4v) is 2.40. The normalized spacial score (nSPS) is 17.1. The molecule has 2 rings (SSSR count). The van der Waals surface area contributed by atoms with Crippen LogP contribution in [0.25, 0.3) is 0 Å². The summed E-state index contributed by atoms with van der Waals surface area (Å²) in [6.45, 7) is 1.53. The average molecular weight is 273 g/mol. The minimum absolute atomic E-state index is 0.0972. The number of halogens is 2. The molecule has 1 atom stereocenters. The lowest BCUT2D eigenvalue weighted by molar-refractivity contribution is 0.516. The third kappa shape index (κ3) is 3.85. The minimum atomic E-state index is 0.0972. The van der Waals surface area contributed by atoms with Gasteiger partial charge in [-0.15, -0.1) is 0 Å². The number of benzene rings is 1. The molecule has 0 aromatic heterocycles. The Kier molecular flexibility index (Phi) is 4.69. The highest BCUT2D eigenvalue weighted by atomic mass is 35.5. The third-order valence-electron chi connectivity index (χ3n) is 3.21. The number of rotatable bonds is 6. The number of nitrogens with one attached hydrogen (secondary N) is 1. The lowest BCUT2D eigenvalue weighted by Gasteiger charge is -2.18. The molecule has 4 heteroatoms. The van der Waals surface area contributed by atoms with Gasteiger partial charge in [0.05, 0.1) is 0 Å². The Balaban J connectivity index is 1.96. The van der Waals surface area contributed by atoms with Crippen molar-refractivity contribution >= 4 is 23.2 Å². The molecule has 0 saturated heterocycles. The van der Waals surface area contributed by atoms with E-state index in [2.05, 4.69) is 5.32 Å². The van der Waals surface area contributed by atoms with E-state index < -0.39 is 0 Å². The van der Waals surface area contributed by atoms with Crippen LogP contribution in [-0.4, -0.2) is 13.1 Å². The summed E-state index contributed by atoms with van der Waals surface area (Å²) >= 11 is 12.2. The first-order valence-corrected chi connectivity index (χ1v) is 6.84. The maximum absolute atomic E-state index is 6.17. The van der Waals surface area contributed by atoms with E-state index in [9.17, 15) is 0 Å². The molecule has 1 aliphatic rings. The first kappa shape index (κ1) is 13.2. The van der Waals surface area contributed by atoms with E-state index in [-0.39, 0.29) is 6.04 Å². The van der Waals surface area contributed by atoms with Crippen LogP contribution in [0.5, 0.6) is 0 Å². The summed E-state index contributed by atoms with van der Waals surface area (Å²) in [6, 6.07) is 5.61. The van der Waals surface area contributed by atoms with Crippen molar-refractivity contribution in [3.05, 3.63) is 33.8 Å². The van der Waals surface area contributed by atoms with E-state index in [1.54, 1.807) is 6.07 Å². The molecule has 1 aromatic carbocycles. The van der Waals surface area contributed by atoms with Gasteiger partial charge < -0.3 is 11.1 Å². The van der Waals surface area contributed by atoms with Crippen LogP contribution < -0.4 is 11.1 Å². The van der Waals surface area contributed by atoms with Crippen LogP contribution in [0.2, 0.25) is 10.0 Å². The highest BCUT2D eigenvalue weighted by Crippen LogP contribution is 2.32. The lowest BCUT2D eigenvalue weighted by atomic mass is 10.1. The van der Waals surface area contributed by atoms with E-state index in [0.717, 1.165) is 23.0 Å². The summed E-state index contributed by atoms with van der Waals surface area (Å²) in [4.78, 5) is 0. The molecule has 0 spiro atoms. The zero-order valence-corrected chi connectivity index (χ0v) is 11.3. The van der Waals surface area contributed by atoms with Crippen LogP contribution >= 0.6 is 23.2 Å². The van der Waals surface area contributed by atoms with Crippen molar-refractivity contribution in [1.82, 2.24) is 5.32 Å². The van der Waals surface area contributed by atoms with Crippen molar-refractivity contribution in [3.8, 4) is 0 Å². The Bertz CT molecular complexity index is 378. The van der Waals surface area contributed by atoms with Crippen LogP contribution in [0.15, 0.2) is 18.2 Å². The van der Waals surface area contributed by atoms with Crippen LogP contribution in [0.1, 0.15) is 30.9 Å². The number of hydrogen-bond acceptors (Lipinski definition) is 2. The van der Waals surface area contributed by atoms with Gasteiger partial charge in [-0.05, 0) is 42.6 Å². The van der Waals surface area contributed by atoms with Crippen LogP contribution in [0.3, 0.4) is 0 Å². The Morgan fingerprint density at radius 2 is 2.12 bits per heavy atom. The summed E-state index contributed by atoms with van der Waals surface area (Å²) in [7, 11) is 0. The number of hydrogen-bond donors (Lipinski definition) is 2. The zero-order valence-electron chi connectivity index (χ0n) is 9.76. The third-order valence-corrected chi connectivity index (χ3v) is 3.79. The Morgan fingerprint density at radius 3 is 2.76 bits per heavy atom. The predicted octanol–water partition coefficient (Wildman–Crippen LogP) is 3.38. The quantitative estimate of drug-likeness (QED) is 0.833. The molecule has 94 valence electrons. The minimum Gasteiger partial charge on any atom is -0.329 e. The van der Waals surface area contributed by atoms with Gasteiger partial charge in [0, 0.05) is 22.6 Å². The topological polar surface area (TPSA) is 38.0 Å². The van der Waals surface area contributed by atoms with Gasteiger partial charge in [0.1, 0.15) is 0 Å². The van der Waals surface area contributed by atoms with Gasteiger partial charge in [-0.1, -0.05) is 36.0 Å². The fraction of sp³-hybridized carbons (Fsp3) is 0.538. The Labute approximate surface area is 112 Å². The van der Waals surface area contributed by atoms with Crippen LogP contribution in [0.4, 0.5) is 0 Å². The molecule has 2 nitrogen and oxygen atoms in total. The van der Waals surface area contributed by atoms with Gasteiger partial charge in [-0.25, -0.2) is 0 Å². The molecular weight excluding hydrogens is 255 g/mol. The molecule has 0 heterocycles. The van der Waals surface area contributed by atoms with Crippen molar-refractivity contribution < 1.29 is 0 Å².